The predicted molar refractivity (Wildman–Crippen MR) is 107 cm³/mol. The van der Waals surface area contributed by atoms with Crippen LogP contribution in [0.15, 0.2) is 18.2 Å². The maximum Gasteiger partial charge on any atom is 0.270 e. The van der Waals surface area contributed by atoms with E-state index in [1.807, 2.05) is 0 Å². The fourth-order valence-electron chi connectivity index (χ4n) is 4.01. The van der Waals surface area contributed by atoms with E-state index in [-0.39, 0.29) is 29.7 Å². The molecule has 2 aliphatic rings. The van der Waals surface area contributed by atoms with Crippen LogP contribution in [0.1, 0.15) is 61.7 Å². The predicted octanol–water partition coefficient (Wildman–Crippen LogP) is 2.76. The Kier molecular flexibility index (Phi) is 6.84. The lowest BCUT2D eigenvalue weighted by atomic mass is 9.95. The van der Waals surface area contributed by atoms with E-state index in [4.69, 9.17) is 0 Å². The lowest BCUT2D eigenvalue weighted by molar-refractivity contribution is -0.384. The molecule has 0 aromatic heterocycles. The van der Waals surface area contributed by atoms with Gasteiger partial charge in [0.05, 0.1) is 22.7 Å². The summed E-state index contributed by atoms with van der Waals surface area (Å²) < 4.78 is 0. The Morgan fingerprint density at radius 3 is 2.43 bits per heavy atom. The first kappa shape index (κ1) is 20.1. The van der Waals surface area contributed by atoms with Crippen LogP contribution in [0.3, 0.4) is 0 Å². The van der Waals surface area contributed by atoms with E-state index in [2.05, 4.69) is 15.5 Å². The molecule has 1 heterocycles. The fourth-order valence-corrected chi connectivity index (χ4v) is 4.01. The highest BCUT2D eigenvalue weighted by atomic mass is 16.6. The van der Waals surface area contributed by atoms with Crippen LogP contribution in [-0.2, 0) is 4.79 Å². The molecule has 0 bridgehead atoms. The number of hydrogen-bond acceptors (Lipinski definition) is 5. The first-order chi connectivity index (χ1) is 13.5. The molecule has 28 heavy (non-hydrogen) atoms. The van der Waals surface area contributed by atoms with E-state index in [9.17, 15) is 19.7 Å². The van der Waals surface area contributed by atoms with E-state index in [1.165, 1.54) is 18.6 Å². The highest BCUT2D eigenvalue weighted by molar-refractivity contribution is 6.02. The number of nitro groups is 1. The minimum atomic E-state index is -0.507. The monoisotopic (exact) mass is 388 g/mol. The number of benzene rings is 1. The standard InChI is InChI=1S/C20H28N4O4/c25-19(22-15-7-3-1-4-8-15)14-21-20(26)17-13-16(24(27)28)9-10-18(17)23-11-5-2-6-12-23/h9-10,13,15H,1-8,11-12,14H2,(H,21,26)(H,22,25). The van der Waals surface area contributed by atoms with Crippen molar-refractivity contribution < 1.29 is 14.5 Å². The lowest BCUT2D eigenvalue weighted by Gasteiger charge is -2.30. The summed E-state index contributed by atoms with van der Waals surface area (Å²) in [6.07, 6.45) is 8.59. The van der Waals surface area contributed by atoms with Crippen molar-refractivity contribution in [3.8, 4) is 0 Å². The Morgan fingerprint density at radius 2 is 1.75 bits per heavy atom. The molecule has 8 nitrogen and oxygen atoms in total. The fraction of sp³-hybridized carbons (Fsp3) is 0.600. The molecule has 1 saturated heterocycles. The SMILES string of the molecule is O=C(CNC(=O)c1cc([N+](=O)[O-])ccc1N1CCCCC1)NC1CCCCC1. The first-order valence-electron chi connectivity index (χ1n) is 10.2. The molecule has 152 valence electrons. The van der Waals surface area contributed by atoms with Gasteiger partial charge in [-0.05, 0) is 38.2 Å². The maximum absolute atomic E-state index is 12.7. The Bertz CT molecular complexity index is 725. The van der Waals surface area contributed by atoms with Gasteiger partial charge in [0.1, 0.15) is 0 Å². The van der Waals surface area contributed by atoms with Gasteiger partial charge in [-0.15, -0.1) is 0 Å². The number of anilines is 1. The van der Waals surface area contributed by atoms with Gasteiger partial charge in [-0.1, -0.05) is 19.3 Å². The number of piperidine rings is 1. The molecule has 1 aromatic rings. The van der Waals surface area contributed by atoms with Crippen molar-refractivity contribution in [2.75, 3.05) is 24.5 Å². The zero-order valence-electron chi connectivity index (χ0n) is 16.1. The van der Waals surface area contributed by atoms with Gasteiger partial charge in [-0.3, -0.25) is 19.7 Å². The number of carbonyl (C=O) groups is 2. The topological polar surface area (TPSA) is 105 Å². The summed E-state index contributed by atoms with van der Waals surface area (Å²) in [6.45, 7) is 1.51. The van der Waals surface area contributed by atoms with Crippen LogP contribution in [0.2, 0.25) is 0 Å². The quantitative estimate of drug-likeness (QED) is 0.576. The molecule has 0 atom stereocenters. The number of nitro benzene ring substituents is 1. The summed E-state index contributed by atoms with van der Waals surface area (Å²) in [5.41, 5.74) is 0.814. The highest BCUT2D eigenvalue weighted by Crippen LogP contribution is 2.28. The van der Waals surface area contributed by atoms with Crippen LogP contribution >= 0.6 is 0 Å². The molecular formula is C20H28N4O4. The molecule has 2 amide bonds. The third-order valence-corrected chi connectivity index (χ3v) is 5.51. The van der Waals surface area contributed by atoms with Gasteiger partial charge in [0.25, 0.3) is 11.6 Å². The number of rotatable bonds is 6. The van der Waals surface area contributed by atoms with Gasteiger partial charge in [-0.25, -0.2) is 0 Å². The number of non-ortho nitro benzene ring substituents is 1. The summed E-state index contributed by atoms with van der Waals surface area (Å²) in [5, 5.41) is 16.7. The van der Waals surface area contributed by atoms with E-state index < -0.39 is 10.8 Å². The van der Waals surface area contributed by atoms with Crippen LogP contribution in [0.5, 0.6) is 0 Å². The number of nitrogens with one attached hydrogen (secondary N) is 2. The summed E-state index contributed by atoms with van der Waals surface area (Å²) in [5.74, 6) is -0.673. The zero-order chi connectivity index (χ0) is 19.9. The Hall–Kier alpha value is -2.64. The van der Waals surface area contributed by atoms with Crippen LogP contribution < -0.4 is 15.5 Å². The number of hydrogen-bond donors (Lipinski definition) is 2. The molecule has 0 unspecified atom stereocenters. The van der Waals surface area contributed by atoms with Crippen molar-refractivity contribution in [2.45, 2.75) is 57.4 Å². The average Bonchev–Trinajstić information content (AvgIpc) is 2.73. The Labute approximate surface area is 164 Å². The van der Waals surface area contributed by atoms with Gasteiger partial charge in [-0.2, -0.15) is 0 Å². The molecule has 0 radical (unpaired) electrons. The zero-order valence-corrected chi connectivity index (χ0v) is 16.1. The molecule has 1 aliphatic heterocycles. The molecule has 1 aromatic carbocycles. The minimum Gasteiger partial charge on any atom is -0.371 e. The smallest absolute Gasteiger partial charge is 0.270 e. The molecule has 3 rings (SSSR count). The highest BCUT2D eigenvalue weighted by Gasteiger charge is 2.22. The van der Waals surface area contributed by atoms with Gasteiger partial charge in [0.2, 0.25) is 5.91 Å². The first-order valence-corrected chi connectivity index (χ1v) is 10.2. The van der Waals surface area contributed by atoms with Gasteiger partial charge < -0.3 is 15.5 Å². The summed E-state index contributed by atoms with van der Waals surface area (Å²) in [7, 11) is 0. The Morgan fingerprint density at radius 1 is 1.07 bits per heavy atom. The maximum atomic E-state index is 12.7. The molecular weight excluding hydrogens is 360 g/mol. The van der Waals surface area contributed by atoms with E-state index >= 15 is 0 Å². The second-order valence-corrected chi connectivity index (χ2v) is 7.59. The van der Waals surface area contributed by atoms with Crippen LogP contribution in [0.25, 0.3) is 0 Å². The number of nitrogens with zero attached hydrogens (tertiary/aromatic N) is 2. The number of amides is 2. The van der Waals surface area contributed by atoms with Gasteiger partial charge in [0, 0.05) is 31.3 Å². The van der Waals surface area contributed by atoms with E-state index in [1.54, 1.807) is 6.07 Å². The van der Waals surface area contributed by atoms with Crippen molar-refractivity contribution in [2.24, 2.45) is 0 Å². The summed E-state index contributed by atoms with van der Waals surface area (Å²) in [4.78, 5) is 37.6. The second kappa shape index (κ2) is 9.52. The third-order valence-electron chi connectivity index (χ3n) is 5.51. The molecule has 1 saturated carbocycles. The molecule has 8 heteroatoms. The molecule has 0 spiro atoms. The molecule has 1 aliphatic carbocycles. The van der Waals surface area contributed by atoms with Crippen molar-refractivity contribution in [1.29, 1.82) is 0 Å². The average molecular weight is 388 g/mol. The Balaban J connectivity index is 1.67. The normalized spacial score (nSPS) is 17.8. The summed E-state index contributed by atoms with van der Waals surface area (Å²) >= 11 is 0. The van der Waals surface area contributed by atoms with Crippen LogP contribution in [0.4, 0.5) is 11.4 Å². The van der Waals surface area contributed by atoms with Crippen LogP contribution in [0, 0.1) is 10.1 Å². The van der Waals surface area contributed by atoms with E-state index in [0.717, 1.165) is 58.0 Å². The van der Waals surface area contributed by atoms with E-state index in [0.29, 0.717) is 5.69 Å². The van der Waals surface area contributed by atoms with Gasteiger partial charge in [0.15, 0.2) is 0 Å². The van der Waals surface area contributed by atoms with Crippen molar-refractivity contribution in [3.05, 3.63) is 33.9 Å². The van der Waals surface area contributed by atoms with Crippen LogP contribution in [-0.4, -0.2) is 42.4 Å². The van der Waals surface area contributed by atoms with Gasteiger partial charge >= 0.3 is 0 Å². The lowest BCUT2D eigenvalue weighted by Crippen LogP contribution is -2.43. The second-order valence-electron chi connectivity index (χ2n) is 7.59. The molecule has 2 fully saturated rings. The van der Waals surface area contributed by atoms with Crippen molar-refractivity contribution in [1.82, 2.24) is 10.6 Å². The van der Waals surface area contributed by atoms with Crippen molar-refractivity contribution >= 4 is 23.2 Å². The third kappa shape index (κ3) is 5.21. The summed E-state index contributed by atoms with van der Waals surface area (Å²) in [6, 6.07) is 4.55. The molecule has 2 N–H and O–H groups in total. The number of carbonyl (C=O) groups excluding carboxylic acids is 2. The van der Waals surface area contributed by atoms with Crippen molar-refractivity contribution in [3.63, 3.8) is 0 Å². The largest absolute Gasteiger partial charge is 0.371 e. The minimum absolute atomic E-state index is 0.127.